The lowest BCUT2D eigenvalue weighted by Gasteiger charge is -2.28. The summed E-state index contributed by atoms with van der Waals surface area (Å²) < 4.78 is 5.91. The Kier molecular flexibility index (Phi) is 3.63. The predicted octanol–water partition coefficient (Wildman–Crippen LogP) is 3.70. The van der Waals surface area contributed by atoms with Crippen LogP contribution in [0.3, 0.4) is 0 Å². The van der Waals surface area contributed by atoms with Crippen molar-refractivity contribution in [2.75, 3.05) is 6.54 Å². The Morgan fingerprint density at radius 1 is 1.26 bits per heavy atom. The van der Waals surface area contributed by atoms with Crippen LogP contribution in [-0.2, 0) is 11.2 Å². The van der Waals surface area contributed by atoms with E-state index in [4.69, 9.17) is 4.42 Å². The lowest BCUT2D eigenvalue weighted by atomic mass is 10.1. The van der Waals surface area contributed by atoms with Crippen LogP contribution in [0.4, 0.5) is 0 Å². The van der Waals surface area contributed by atoms with Crippen molar-refractivity contribution in [2.45, 2.75) is 57.9 Å². The Bertz CT molecular complexity index is 447. The summed E-state index contributed by atoms with van der Waals surface area (Å²) in [7, 11) is 0. The first-order valence-corrected chi connectivity index (χ1v) is 7.68. The molecule has 1 aliphatic heterocycles. The first-order chi connectivity index (χ1) is 9.29. The van der Waals surface area contributed by atoms with Gasteiger partial charge in [-0.25, -0.2) is 0 Å². The van der Waals surface area contributed by atoms with Crippen molar-refractivity contribution in [1.82, 2.24) is 4.90 Å². The van der Waals surface area contributed by atoms with E-state index in [2.05, 4.69) is 24.0 Å². The molecule has 2 aliphatic rings. The van der Waals surface area contributed by atoms with Gasteiger partial charge in [0, 0.05) is 18.9 Å². The molecule has 2 heterocycles. The molecule has 1 saturated carbocycles. The number of rotatable bonds is 3. The standard InChI is InChI=1S/C16H23NO2/c1-2-13-9-10-15(19-13)14-6-4-3-5-11-17(14)16(18)12-7-8-12/h9-10,12,14H,2-8,11H2,1H3. The zero-order valence-electron chi connectivity index (χ0n) is 11.7. The van der Waals surface area contributed by atoms with Crippen molar-refractivity contribution < 1.29 is 9.21 Å². The van der Waals surface area contributed by atoms with E-state index in [1.54, 1.807) is 0 Å². The number of likely N-dealkylation sites (tertiary alicyclic amines) is 1. The maximum absolute atomic E-state index is 12.5. The number of carbonyl (C=O) groups excluding carboxylic acids is 1. The Morgan fingerprint density at radius 3 is 2.79 bits per heavy atom. The fourth-order valence-electron chi connectivity index (χ4n) is 3.00. The molecular formula is C16H23NO2. The van der Waals surface area contributed by atoms with Gasteiger partial charge in [-0.05, 0) is 37.8 Å². The molecule has 1 amide bonds. The number of hydrogen-bond acceptors (Lipinski definition) is 2. The second kappa shape index (κ2) is 5.40. The van der Waals surface area contributed by atoms with Gasteiger partial charge in [-0.15, -0.1) is 0 Å². The van der Waals surface area contributed by atoms with Crippen LogP contribution in [-0.4, -0.2) is 17.4 Å². The van der Waals surface area contributed by atoms with E-state index in [-0.39, 0.29) is 6.04 Å². The molecule has 0 radical (unpaired) electrons. The number of hydrogen-bond donors (Lipinski definition) is 0. The van der Waals surface area contributed by atoms with Crippen LogP contribution in [0.5, 0.6) is 0 Å². The van der Waals surface area contributed by atoms with Gasteiger partial charge in [0.05, 0.1) is 6.04 Å². The summed E-state index contributed by atoms with van der Waals surface area (Å²) in [4.78, 5) is 14.6. The van der Waals surface area contributed by atoms with Gasteiger partial charge in [0.25, 0.3) is 0 Å². The molecule has 1 aromatic heterocycles. The molecule has 3 nitrogen and oxygen atoms in total. The number of nitrogens with zero attached hydrogens (tertiary/aromatic N) is 1. The molecule has 3 rings (SSSR count). The van der Waals surface area contributed by atoms with E-state index in [1.807, 2.05) is 0 Å². The lowest BCUT2D eigenvalue weighted by molar-refractivity contribution is -0.135. The highest BCUT2D eigenvalue weighted by Gasteiger charge is 2.37. The highest BCUT2D eigenvalue weighted by Crippen LogP contribution is 2.37. The summed E-state index contributed by atoms with van der Waals surface area (Å²) >= 11 is 0. The largest absolute Gasteiger partial charge is 0.464 e. The summed E-state index contributed by atoms with van der Waals surface area (Å²) in [6.45, 7) is 3.00. The van der Waals surface area contributed by atoms with E-state index in [0.717, 1.165) is 50.2 Å². The van der Waals surface area contributed by atoms with Crippen LogP contribution in [0, 0.1) is 5.92 Å². The van der Waals surface area contributed by atoms with E-state index in [1.165, 1.54) is 12.8 Å². The molecule has 1 unspecified atom stereocenters. The molecule has 1 aromatic rings. The predicted molar refractivity (Wildman–Crippen MR) is 73.7 cm³/mol. The fourth-order valence-corrected chi connectivity index (χ4v) is 3.00. The van der Waals surface area contributed by atoms with Crippen LogP contribution in [0.1, 0.15) is 63.0 Å². The van der Waals surface area contributed by atoms with Crippen LogP contribution < -0.4 is 0 Å². The molecule has 3 heteroatoms. The molecule has 0 aromatic carbocycles. The van der Waals surface area contributed by atoms with E-state index < -0.39 is 0 Å². The summed E-state index contributed by atoms with van der Waals surface area (Å²) in [5.41, 5.74) is 0. The van der Waals surface area contributed by atoms with Gasteiger partial charge >= 0.3 is 0 Å². The Morgan fingerprint density at radius 2 is 2.11 bits per heavy atom. The maximum Gasteiger partial charge on any atom is 0.226 e. The topological polar surface area (TPSA) is 33.5 Å². The van der Waals surface area contributed by atoms with Gasteiger partial charge in [-0.1, -0.05) is 19.8 Å². The molecule has 2 fully saturated rings. The lowest BCUT2D eigenvalue weighted by Crippen LogP contribution is -2.35. The van der Waals surface area contributed by atoms with Crippen molar-refractivity contribution in [3.63, 3.8) is 0 Å². The second-order valence-corrected chi connectivity index (χ2v) is 5.83. The van der Waals surface area contributed by atoms with Gasteiger partial charge in [0.2, 0.25) is 5.91 Å². The van der Waals surface area contributed by atoms with Crippen LogP contribution in [0.2, 0.25) is 0 Å². The Labute approximate surface area is 115 Å². The summed E-state index contributed by atoms with van der Waals surface area (Å²) in [6.07, 6.45) is 7.70. The smallest absolute Gasteiger partial charge is 0.226 e. The normalized spacial score (nSPS) is 24.3. The molecule has 1 saturated heterocycles. The Hall–Kier alpha value is -1.25. The average Bonchev–Trinajstić information content (AvgIpc) is 3.21. The van der Waals surface area contributed by atoms with Gasteiger partial charge in [0.1, 0.15) is 11.5 Å². The minimum Gasteiger partial charge on any atom is -0.464 e. The molecule has 0 bridgehead atoms. The minimum atomic E-state index is 0.177. The van der Waals surface area contributed by atoms with E-state index >= 15 is 0 Å². The highest BCUT2D eigenvalue weighted by molar-refractivity contribution is 5.81. The van der Waals surface area contributed by atoms with Crippen molar-refractivity contribution in [3.8, 4) is 0 Å². The van der Waals surface area contributed by atoms with E-state index in [9.17, 15) is 4.79 Å². The third-order valence-corrected chi connectivity index (χ3v) is 4.32. The average molecular weight is 261 g/mol. The molecule has 1 aliphatic carbocycles. The SMILES string of the molecule is CCc1ccc(C2CCCCCN2C(=O)C2CC2)o1. The zero-order valence-corrected chi connectivity index (χ0v) is 11.7. The number of amides is 1. The second-order valence-electron chi connectivity index (χ2n) is 5.83. The maximum atomic E-state index is 12.5. The third kappa shape index (κ3) is 2.70. The molecule has 19 heavy (non-hydrogen) atoms. The molecular weight excluding hydrogens is 238 g/mol. The highest BCUT2D eigenvalue weighted by atomic mass is 16.3. The molecule has 104 valence electrons. The van der Waals surface area contributed by atoms with Crippen LogP contribution in [0.25, 0.3) is 0 Å². The van der Waals surface area contributed by atoms with Crippen LogP contribution in [0.15, 0.2) is 16.5 Å². The van der Waals surface area contributed by atoms with Crippen LogP contribution >= 0.6 is 0 Å². The van der Waals surface area contributed by atoms with Crippen molar-refractivity contribution >= 4 is 5.91 Å². The first kappa shape index (κ1) is 12.8. The van der Waals surface area contributed by atoms with Crippen molar-refractivity contribution in [3.05, 3.63) is 23.7 Å². The van der Waals surface area contributed by atoms with Gasteiger partial charge < -0.3 is 9.32 Å². The number of aryl methyl sites for hydroxylation is 1. The van der Waals surface area contributed by atoms with Gasteiger partial charge in [-0.2, -0.15) is 0 Å². The minimum absolute atomic E-state index is 0.177. The quantitative estimate of drug-likeness (QED) is 0.831. The van der Waals surface area contributed by atoms with Gasteiger partial charge in [0.15, 0.2) is 0 Å². The van der Waals surface area contributed by atoms with E-state index in [0.29, 0.717) is 11.8 Å². The van der Waals surface area contributed by atoms with Crippen molar-refractivity contribution in [1.29, 1.82) is 0 Å². The zero-order chi connectivity index (χ0) is 13.2. The molecule has 0 spiro atoms. The summed E-state index contributed by atoms with van der Waals surface area (Å²) in [5.74, 6) is 2.69. The third-order valence-electron chi connectivity index (χ3n) is 4.32. The molecule has 0 N–H and O–H groups in total. The summed E-state index contributed by atoms with van der Waals surface area (Å²) in [5, 5.41) is 0. The Balaban J connectivity index is 1.82. The number of carbonyl (C=O) groups is 1. The van der Waals surface area contributed by atoms with Crippen molar-refractivity contribution in [2.24, 2.45) is 5.92 Å². The monoisotopic (exact) mass is 261 g/mol. The van der Waals surface area contributed by atoms with Gasteiger partial charge in [-0.3, -0.25) is 4.79 Å². The molecule has 1 atom stereocenters. The number of furan rings is 1. The summed E-state index contributed by atoms with van der Waals surface area (Å²) in [6, 6.07) is 4.30. The fraction of sp³-hybridized carbons (Fsp3) is 0.688. The first-order valence-electron chi connectivity index (χ1n) is 7.68.